The van der Waals surface area contributed by atoms with Gasteiger partial charge in [0.05, 0.1) is 22.9 Å². The van der Waals surface area contributed by atoms with Gasteiger partial charge in [-0.2, -0.15) is 10.1 Å². The van der Waals surface area contributed by atoms with E-state index >= 15 is 0 Å². The molecular weight excluding hydrogens is 366 g/mol. The maximum Gasteiger partial charge on any atom is 0.230 e. The third-order valence-corrected chi connectivity index (χ3v) is 6.45. The predicted octanol–water partition coefficient (Wildman–Crippen LogP) is 3.60. The Kier molecular flexibility index (Phi) is 3.79. The summed E-state index contributed by atoms with van der Waals surface area (Å²) in [6, 6.07) is 8.55. The lowest BCUT2D eigenvalue weighted by Gasteiger charge is -2.21. The molecule has 0 N–H and O–H groups in total. The van der Waals surface area contributed by atoms with Gasteiger partial charge in [-0.05, 0) is 31.7 Å². The molecule has 148 valence electrons. The average Bonchev–Trinajstić information content (AvgIpc) is 3.51. The molecule has 4 aromatic rings. The zero-order valence-electron chi connectivity index (χ0n) is 16.5. The van der Waals surface area contributed by atoms with E-state index in [1.54, 1.807) is 0 Å². The molecule has 8 nitrogen and oxygen atoms in total. The average molecular weight is 389 g/mol. The second-order valence-corrected chi connectivity index (χ2v) is 8.25. The number of fused-ring (bicyclic) bond motifs is 2. The SMILES string of the molecule is Cn1nc2ccccc2c1-c1noc(C2CCc3nnn(C4CCCC4)c3C2)n1. The molecule has 0 spiro atoms. The normalized spacial score (nSPS) is 19.8. The van der Waals surface area contributed by atoms with E-state index in [1.807, 2.05) is 36.0 Å². The van der Waals surface area contributed by atoms with Crippen LogP contribution in [0.1, 0.15) is 61.3 Å². The Bertz CT molecular complexity index is 1180. The van der Waals surface area contributed by atoms with E-state index < -0.39 is 0 Å². The lowest BCUT2D eigenvalue weighted by atomic mass is 9.89. The standard InChI is InChI=1S/C21H23N7O/c1-27-19(15-8-4-5-9-16(15)24-27)20-22-21(29-25-20)13-10-11-17-18(12-13)28(26-23-17)14-6-2-3-7-14/h4-5,8-9,13-14H,2-3,6-7,10-12H2,1H3. The Morgan fingerprint density at radius 3 is 2.86 bits per heavy atom. The fraction of sp³-hybridized carbons (Fsp3) is 0.476. The van der Waals surface area contributed by atoms with E-state index in [4.69, 9.17) is 9.51 Å². The molecule has 3 heterocycles. The number of aryl methyl sites for hydroxylation is 2. The molecule has 1 atom stereocenters. The van der Waals surface area contributed by atoms with Crippen molar-refractivity contribution in [3.63, 3.8) is 0 Å². The van der Waals surface area contributed by atoms with Crippen molar-refractivity contribution in [3.8, 4) is 11.5 Å². The smallest absolute Gasteiger partial charge is 0.230 e. The van der Waals surface area contributed by atoms with Crippen LogP contribution in [0.25, 0.3) is 22.4 Å². The van der Waals surface area contributed by atoms with Crippen LogP contribution in [0.2, 0.25) is 0 Å². The Balaban J connectivity index is 1.32. The van der Waals surface area contributed by atoms with Crippen LogP contribution >= 0.6 is 0 Å². The van der Waals surface area contributed by atoms with Gasteiger partial charge >= 0.3 is 0 Å². The van der Waals surface area contributed by atoms with Gasteiger partial charge < -0.3 is 4.52 Å². The third-order valence-electron chi connectivity index (χ3n) is 6.45. The second-order valence-electron chi connectivity index (χ2n) is 8.25. The highest BCUT2D eigenvalue weighted by Gasteiger charge is 2.32. The van der Waals surface area contributed by atoms with Crippen LogP contribution in [-0.2, 0) is 19.9 Å². The van der Waals surface area contributed by atoms with E-state index in [9.17, 15) is 0 Å². The molecule has 1 saturated carbocycles. The van der Waals surface area contributed by atoms with Crippen molar-refractivity contribution in [2.45, 2.75) is 56.9 Å². The number of benzene rings is 1. The zero-order chi connectivity index (χ0) is 19.4. The molecule has 8 heteroatoms. The second kappa shape index (κ2) is 6.50. The lowest BCUT2D eigenvalue weighted by Crippen LogP contribution is -2.18. The fourth-order valence-corrected chi connectivity index (χ4v) is 4.96. The van der Waals surface area contributed by atoms with Crippen molar-refractivity contribution in [1.29, 1.82) is 0 Å². The third kappa shape index (κ3) is 2.69. The molecule has 3 aromatic heterocycles. The maximum atomic E-state index is 5.74. The molecular formula is C21H23N7O. The van der Waals surface area contributed by atoms with Crippen LogP contribution < -0.4 is 0 Å². The zero-order valence-corrected chi connectivity index (χ0v) is 16.5. The molecule has 2 aliphatic rings. The van der Waals surface area contributed by atoms with Gasteiger partial charge in [0.25, 0.3) is 0 Å². The van der Waals surface area contributed by atoms with Crippen LogP contribution in [0, 0.1) is 0 Å². The molecule has 1 unspecified atom stereocenters. The van der Waals surface area contributed by atoms with Gasteiger partial charge in [-0.1, -0.05) is 41.4 Å². The molecule has 1 aromatic carbocycles. The maximum absolute atomic E-state index is 5.74. The Labute approximate surface area is 167 Å². The number of hydrogen-bond donors (Lipinski definition) is 0. The number of nitrogens with zero attached hydrogens (tertiary/aromatic N) is 7. The van der Waals surface area contributed by atoms with Crippen molar-refractivity contribution in [2.24, 2.45) is 7.05 Å². The summed E-state index contributed by atoms with van der Waals surface area (Å²) in [5, 5.41) is 18.9. The summed E-state index contributed by atoms with van der Waals surface area (Å²) in [6.45, 7) is 0. The Morgan fingerprint density at radius 1 is 1.10 bits per heavy atom. The van der Waals surface area contributed by atoms with E-state index in [-0.39, 0.29) is 5.92 Å². The van der Waals surface area contributed by atoms with Crippen LogP contribution in [0.4, 0.5) is 0 Å². The molecule has 29 heavy (non-hydrogen) atoms. The van der Waals surface area contributed by atoms with Crippen molar-refractivity contribution in [3.05, 3.63) is 41.5 Å². The molecule has 2 aliphatic carbocycles. The minimum absolute atomic E-state index is 0.210. The predicted molar refractivity (Wildman–Crippen MR) is 106 cm³/mol. The van der Waals surface area contributed by atoms with Gasteiger partial charge in [-0.3, -0.25) is 4.68 Å². The van der Waals surface area contributed by atoms with E-state index in [2.05, 4.69) is 25.2 Å². The monoisotopic (exact) mass is 389 g/mol. The first-order valence-electron chi connectivity index (χ1n) is 10.5. The van der Waals surface area contributed by atoms with Crippen molar-refractivity contribution < 1.29 is 4.52 Å². The van der Waals surface area contributed by atoms with Gasteiger partial charge in [-0.15, -0.1) is 5.10 Å². The van der Waals surface area contributed by atoms with Crippen LogP contribution in [0.15, 0.2) is 28.8 Å². The van der Waals surface area contributed by atoms with Gasteiger partial charge in [0.1, 0.15) is 5.69 Å². The minimum Gasteiger partial charge on any atom is -0.339 e. The van der Waals surface area contributed by atoms with E-state index in [0.29, 0.717) is 17.8 Å². The fourth-order valence-electron chi connectivity index (χ4n) is 4.96. The summed E-state index contributed by atoms with van der Waals surface area (Å²) in [6.07, 6.45) is 7.73. The molecule has 0 aliphatic heterocycles. The van der Waals surface area contributed by atoms with Crippen LogP contribution in [0.5, 0.6) is 0 Å². The highest BCUT2D eigenvalue weighted by atomic mass is 16.5. The van der Waals surface area contributed by atoms with Crippen molar-refractivity contribution in [1.82, 2.24) is 34.9 Å². The van der Waals surface area contributed by atoms with Crippen LogP contribution in [0.3, 0.4) is 0 Å². The first-order valence-corrected chi connectivity index (χ1v) is 10.5. The summed E-state index contributed by atoms with van der Waals surface area (Å²) < 4.78 is 9.75. The van der Waals surface area contributed by atoms with Crippen molar-refractivity contribution in [2.75, 3.05) is 0 Å². The van der Waals surface area contributed by atoms with Gasteiger partial charge in [0, 0.05) is 24.8 Å². The van der Waals surface area contributed by atoms with E-state index in [0.717, 1.165) is 41.6 Å². The first-order chi connectivity index (χ1) is 14.3. The largest absolute Gasteiger partial charge is 0.339 e. The molecule has 1 fully saturated rings. The first kappa shape index (κ1) is 16.9. The van der Waals surface area contributed by atoms with Gasteiger partial charge in [-0.25, -0.2) is 4.68 Å². The van der Waals surface area contributed by atoms with E-state index in [1.165, 1.54) is 31.4 Å². The summed E-state index contributed by atoms with van der Waals surface area (Å²) in [5.74, 6) is 1.52. The summed E-state index contributed by atoms with van der Waals surface area (Å²) >= 11 is 0. The molecule has 0 bridgehead atoms. The summed E-state index contributed by atoms with van der Waals surface area (Å²) in [7, 11) is 1.92. The van der Waals surface area contributed by atoms with Gasteiger partial charge in [0.2, 0.25) is 11.7 Å². The summed E-state index contributed by atoms with van der Waals surface area (Å²) in [4.78, 5) is 4.78. The quantitative estimate of drug-likeness (QED) is 0.532. The highest BCUT2D eigenvalue weighted by molar-refractivity contribution is 5.91. The number of aromatic nitrogens is 7. The highest BCUT2D eigenvalue weighted by Crippen LogP contribution is 2.36. The number of rotatable bonds is 3. The molecule has 0 amide bonds. The number of hydrogen-bond acceptors (Lipinski definition) is 6. The lowest BCUT2D eigenvalue weighted by molar-refractivity contribution is 0.334. The van der Waals surface area contributed by atoms with Gasteiger partial charge in [0.15, 0.2) is 0 Å². The molecule has 0 radical (unpaired) electrons. The molecule has 6 rings (SSSR count). The molecule has 0 saturated heterocycles. The summed E-state index contributed by atoms with van der Waals surface area (Å²) in [5.41, 5.74) is 4.24. The Hall–Kier alpha value is -3.03. The van der Waals surface area contributed by atoms with Crippen molar-refractivity contribution >= 4 is 10.9 Å². The Morgan fingerprint density at radius 2 is 1.97 bits per heavy atom. The van der Waals surface area contributed by atoms with Crippen LogP contribution in [-0.4, -0.2) is 34.9 Å². The topological polar surface area (TPSA) is 87.5 Å². The minimum atomic E-state index is 0.210.